The van der Waals surface area contributed by atoms with Gasteiger partial charge in [0.15, 0.2) is 5.96 Å². The molecule has 1 aliphatic rings. The SMILES string of the molecule is Cc1cc(=O)oc2cc(NC(=O)C3CCCN3C(=O)C(Cc3ccccc3)NC(=O)C(Cc3ccccc3)NC(=O)CNC(=O)C(CCCN=C(N)N)NC(=O)OCc3ccccc3)ccc12. The molecular weight excluding hydrogens is 859 g/mol. The summed E-state index contributed by atoms with van der Waals surface area (Å²) in [4.78, 5) is 99.9. The Hall–Kier alpha value is -8.02. The van der Waals surface area contributed by atoms with E-state index in [1.807, 2.05) is 42.5 Å². The molecule has 5 aromatic rings. The van der Waals surface area contributed by atoms with Crippen LogP contribution < -0.4 is 43.7 Å². The van der Waals surface area contributed by atoms with Crippen LogP contribution in [0.3, 0.4) is 0 Å². The lowest BCUT2D eigenvalue weighted by Crippen LogP contribution is -2.58. The summed E-state index contributed by atoms with van der Waals surface area (Å²) in [5.41, 5.74) is 14.0. The van der Waals surface area contributed by atoms with Crippen LogP contribution in [0.4, 0.5) is 10.5 Å². The Morgan fingerprint density at radius 3 is 2.07 bits per heavy atom. The third-order valence-corrected chi connectivity index (χ3v) is 11.1. The number of carbonyl (C=O) groups excluding carboxylic acids is 6. The third kappa shape index (κ3) is 14.5. The number of hydrogen-bond donors (Lipinski definition) is 7. The molecule has 0 spiro atoms. The molecule has 1 aliphatic heterocycles. The molecule has 0 bridgehead atoms. The summed E-state index contributed by atoms with van der Waals surface area (Å²) >= 11 is 0. The summed E-state index contributed by atoms with van der Waals surface area (Å²) in [5.74, 6) is -3.16. The Kier molecular flexibility index (Phi) is 17.2. The summed E-state index contributed by atoms with van der Waals surface area (Å²) in [7, 11) is 0. The van der Waals surface area contributed by atoms with E-state index in [0.29, 0.717) is 41.5 Å². The van der Waals surface area contributed by atoms with Crippen LogP contribution in [0.2, 0.25) is 0 Å². The van der Waals surface area contributed by atoms with Crippen LogP contribution in [-0.4, -0.2) is 90.3 Å². The van der Waals surface area contributed by atoms with Crippen molar-refractivity contribution in [2.45, 2.75) is 76.2 Å². The fraction of sp³-hybridized carbons (Fsp3) is 0.306. The molecule has 0 saturated carbocycles. The fourth-order valence-electron chi connectivity index (χ4n) is 7.73. The number of likely N-dealkylation sites (tertiary alicyclic amines) is 1. The summed E-state index contributed by atoms with van der Waals surface area (Å²) in [6.45, 7) is 1.61. The number of nitrogens with two attached hydrogens (primary N) is 2. The number of alkyl carbamates (subject to hydrolysis) is 1. The fourth-order valence-corrected chi connectivity index (χ4v) is 7.73. The molecule has 6 rings (SSSR count). The number of aliphatic imine (C=N–C) groups is 1. The second-order valence-corrected chi connectivity index (χ2v) is 16.1. The number of guanidine groups is 1. The molecule has 2 heterocycles. The predicted octanol–water partition coefficient (Wildman–Crippen LogP) is 2.95. The van der Waals surface area contributed by atoms with Gasteiger partial charge in [-0.15, -0.1) is 0 Å². The Morgan fingerprint density at radius 1 is 0.776 bits per heavy atom. The Labute approximate surface area is 386 Å². The average Bonchev–Trinajstić information content (AvgIpc) is 3.82. The first kappa shape index (κ1) is 48.4. The average molecular weight is 914 g/mol. The number of aryl methyl sites for hydroxylation is 1. The largest absolute Gasteiger partial charge is 0.445 e. The van der Waals surface area contributed by atoms with Crippen molar-refractivity contribution < 1.29 is 37.9 Å². The lowest BCUT2D eigenvalue weighted by atomic mass is 10.0. The molecule has 67 heavy (non-hydrogen) atoms. The molecule has 18 nitrogen and oxygen atoms in total. The van der Waals surface area contributed by atoms with Crippen LogP contribution >= 0.6 is 0 Å². The highest BCUT2D eigenvalue weighted by molar-refractivity contribution is 6.00. The van der Waals surface area contributed by atoms with E-state index < -0.39 is 72.0 Å². The van der Waals surface area contributed by atoms with Crippen LogP contribution in [0.15, 0.2) is 129 Å². The van der Waals surface area contributed by atoms with Crippen molar-refractivity contribution in [3.05, 3.63) is 148 Å². The zero-order valence-corrected chi connectivity index (χ0v) is 37.1. The van der Waals surface area contributed by atoms with Crippen LogP contribution in [-0.2, 0) is 48.2 Å². The molecule has 1 aromatic heterocycles. The molecule has 0 radical (unpaired) electrons. The molecule has 9 N–H and O–H groups in total. The van der Waals surface area contributed by atoms with E-state index in [0.717, 1.165) is 16.7 Å². The summed E-state index contributed by atoms with van der Waals surface area (Å²) in [6, 6.07) is 29.0. The lowest BCUT2D eigenvalue weighted by Gasteiger charge is -2.30. The normalized spacial score (nSPS) is 14.5. The number of benzene rings is 4. The van der Waals surface area contributed by atoms with Crippen molar-refractivity contribution in [1.29, 1.82) is 0 Å². The van der Waals surface area contributed by atoms with Gasteiger partial charge in [-0.1, -0.05) is 91.0 Å². The maximum Gasteiger partial charge on any atom is 0.408 e. The quantitative estimate of drug-likeness (QED) is 0.0258. The molecule has 18 heteroatoms. The van der Waals surface area contributed by atoms with Crippen LogP contribution in [0, 0.1) is 6.92 Å². The molecule has 1 fully saturated rings. The van der Waals surface area contributed by atoms with E-state index >= 15 is 0 Å². The number of nitrogens with zero attached hydrogens (tertiary/aromatic N) is 2. The highest BCUT2D eigenvalue weighted by atomic mass is 16.5. The summed E-state index contributed by atoms with van der Waals surface area (Å²) in [5, 5.41) is 14.2. The van der Waals surface area contributed by atoms with Crippen molar-refractivity contribution in [3.8, 4) is 0 Å². The number of amides is 6. The van der Waals surface area contributed by atoms with Gasteiger partial charge in [0.1, 0.15) is 36.4 Å². The van der Waals surface area contributed by atoms with Gasteiger partial charge in [0.05, 0.1) is 6.54 Å². The van der Waals surface area contributed by atoms with Crippen LogP contribution in [0.25, 0.3) is 11.0 Å². The van der Waals surface area contributed by atoms with Crippen molar-refractivity contribution in [2.75, 3.05) is 25.0 Å². The second kappa shape index (κ2) is 23.8. The second-order valence-electron chi connectivity index (χ2n) is 16.1. The first-order valence-electron chi connectivity index (χ1n) is 22.0. The highest BCUT2D eigenvalue weighted by Crippen LogP contribution is 2.24. The Bertz CT molecular complexity index is 2610. The van der Waals surface area contributed by atoms with Gasteiger partial charge in [0, 0.05) is 49.1 Å². The standard InChI is InChI=1S/C49H55N9O9/c1-31-25-43(60)67-41-28-35(21-22-36(31)41)54-46(63)40-20-12-24-58(40)47(64)39(27-33-15-7-3-8-16-33)56-45(62)38(26-32-13-5-2-6-14-32)55-42(59)29-53-44(61)37(19-11-23-52-48(50)51)57-49(65)66-30-34-17-9-4-10-18-34/h2-10,13-18,21-22,25,28,37-40H,11-12,19-20,23-24,26-27,29-30H2,1H3,(H,53,61)(H,54,63)(H,55,59)(H,56,62)(H,57,65)(H4,50,51,52). The highest BCUT2D eigenvalue weighted by Gasteiger charge is 2.39. The van der Waals surface area contributed by atoms with E-state index in [2.05, 4.69) is 31.6 Å². The molecule has 1 saturated heterocycles. The number of rotatable bonds is 20. The van der Waals surface area contributed by atoms with E-state index in [9.17, 15) is 33.6 Å². The van der Waals surface area contributed by atoms with Crippen molar-refractivity contribution in [1.82, 2.24) is 26.2 Å². The Balaban J connectivity index is 1.14. The molecule has 0 aliphatic carbocycles. The Morgan fingerprint density at radius 2 is 1.42 bits per heavy atom. The molecule has 4 atom stereocenters. The predicted molar refractivity (Wildman–Crippen MR) is 251 cm³/mol. The number of anilines is 1. The molecular formula is C49H55N9O9. The minimum atomic E-state index is -1.21. The smallest absolute Gasteiger partial charge is 0.408 e. The maximum absolute atomic E-state index is 14.6. The van der Waals surface area contributed by atoms with Crippen molar-refractivity contribution in [2.24, 2.45) is 16.5 Å². The number of nitrogens with one attached hydrogen (secondary N) is 5. The molecule has 350 valence electrons. The minimum absolute atomic E-state index is 0.0288. The van der Waals surface area contributed by atoms with E-state index in [4.69, 9.17) is 20.6 Å². The van der Waals surface area contributed by atoms with Gasteiger partial charge in [0.2, 0.25) is 29.5 Å². The minimum Gasteiger partial charge on any atom is -0.445 e. The van der Waals surface area contributed by atoms with Crippen molar-refractivity contribution in [3.63, 3.8) is 0 Å². The first-order chi connectivity index (χ1) is 32.3. The molecule has 4 aromatic carbocycles. The number of ether oxygens (including phenoxy) is 1. The van der Waals surface area contributed by atoms with Gasteiger partial charge >= 0.3 is 11.7 Å². The monoisotopic (exact) mass is 913 g/mol. The van der Waals surface area contributed by atoms with Gasteiger partial charge in [-0.3, -0.25) is 29.0 Å². The van der Waals surface area contributed by atoms with Gasteiger partial charge in [0.25, 0.3) is 0 Å². The lowest BCUT2D eigenvalue weighted by molar-refractivity contribution is -0.140. The van der Waals surface area contributed by atoms with E-state index in [1.165, 1.54) is 11.0 Å². The van der Waals surface area contributed by atoms with Crippen molar-refractivity contribution >= 4 is 58.2 Å². The van der Waals surface area contributed by atoms with Crippen LogP contribution in [0.1, 0.15) is 47.9 Å². The first-order valence-corrected chi connectivity index (χ1v) is 22.0. The van der Waals surface area contributed by atoms with Gasteiger partial charge < -0.3 is 52.1 Å². The molecule has 4 unspecified atom stereocenters. The zero-order valence-electron chi connectivity index (χ0n) is 37.1. The number of hydrogen-bond acceptors (Lipinski definition) is 10. The van der Waals surface area contributed by atoms with E-state index in [-0.39, 0.29) is 44.9 Å². The zero-order chi connectivity index (χ0) is 47.7. The van der Waals surface area contributed by atoms with Crippen LogP contribution in [0.5, 0.6) is 0 Å². The summed E-state index contributed by atoms with van der Waals surface area (Å²) in [6.07, 6.45) is 0.548. The number of carbonyl (C=O) groups is 6. The summed E-state index contributed by atoms with van der Waals surface area (Å²) < 4.78 is 10.7. The maximum atomic E-state index is 14.6. The molecule has 6 amide bonds. The number of fused-ring (bicyclic) bond motifs is 1. The third-order valence-electron chi connectivity index (χ3n) is 11.1. The van der Waals surface area contributed by atoms with Gasteiger partial charge in [-0.25, -0.2) is 9.59 Å². The van der Waals surface area contributed by atoms with Gasteiger partial charge in [-0.05, 0) is 67.0 Å². The van der Waals surface area contributed by atoms with E-state index in [1.54, 1.807) is 73.7 Å². The van der Waals surface area contributed by atoms with Gasteiger partial charge in [-0.2, -0.15) is 0 Å². The topological polar surface area (TPSA) is 270 Å².